The van der Waals surface area contributed by atoms with Gasteiger partial charge in [0.2, 0.25) is 0 Å². The molecule has 0 aliphatic heterocycles. The summed E-state index contributed by atoms with van der Waals surface area (Å²) in [4.78, 5) is 2.50. The van der Waals surface area contributed by atoms with Crippen molar-refractivity contribution in [2.75, 3.05) is 7.05 Å². The maximum Gasteiger partial charge on any atom is 0.0124 e. The first kappa shape index (κ1) is 8.06. The van der Waals surface area contributed by atoms with Crippen LogP contribution < -0.4 is 0 Å². The van der Waals surface area contributed by atoms with Crippen LogP contribution in [0.15, 0.2) is 0 Å². The van der Waals surface area contributed by atoms with Crippen LogP contribution in [0.5, 0.6) is 0 Å². The topological polar surface area (TPSA) is 3.24 Å². The lowest BCUT2D eigenvalue weighted by atomic mass is 9.88. The first-order valence-corrected chi connectivity index (χ1v) is 4.25. The van der Waals surface area contributed by atoms with Gasteiger partial charge in [-0.15, -0.1) is 0 Å². The predicted octanol–water partition coefficient (Wildman–Crippen LogP) is 2.27. The largest absolute Gasteiger partial charge is 0.299 e. The van der Waals surface area contributed by atoms with Crippen molar-refractivity contribution in [2.45, 2.75) is 51.6 Å². The van der Waals surface area contributed by atoms with Crippen LogP contribution in [-0.2, 0) is 0 Å². The molecular weight excluding hydrogens is 122 g/mol. The lowest BCUT2D eigenvalue weighted by Crippen LogP contribution is -2.48. The average molecular weight is 141 g/mol. The van der Waals surface area contributed by atoms with Crippen LogP contribution in [0.25, 0.3) is 0 Å². The molecule has 0 unspecified atom stereocenters. The zero-order valence-electron chi connectivity index (χ0n) is 7.65. The van der Waals surface area contributed by atoms with Crippen molar-refractivity contribution in [1.82, 2.24) is 4.90 Å². The highest BCUT2D eigenvalue weighted by Crippen LogP contribution is 2.28. The van der Waals surface area contributed by atoms with Gasteiger partial charge in [0.25, 0.3) is 0 Å². The van der Waals surface area contributed by atoms with Gasteiger partial charge in [-0.1, -0.05) is 6.42 Å². The zero-order chi connectivity index (χ0) is 7.78. The van der Waals surface area contributed by atoms with Crippen LogP contribution in [0.1, 0.15) is 40.0 Å². The Kier molecular flexibility index (Phi) is 2.04. The Morgan fingerprint density at radius 2 is 1.70 bits per heavy atom. The molecule has 1 rings (SSSR count). The average Bonchev–Trinajstić information content (AvgIpc) is 1.57. The van der Waals surface area contributed by atoms with E-state index in [9.17, 15) is 0 Å². The summed E-state index contributed by atoms with van der Waals surface area (Å²) in [6.45, 7) is 6.85. The summed E-state index contributed by atoms with van der Waals surface area (Å²) in [5, 5.41) is 0. The van der Waals surface area contributed by atoms with Gasteiger partial charge in [0.15, 0.2) is 0 Å². The summed E-state index contributed by atoms with van der Waals surface area (Å²) >= 11 is 0. The van der Waals surface area contributed by atoms with E-state index < -0.39 is 0 Å². The molecule has 1 aliphatic rings. The van der Waals surface area contributed by atoms with Crippen LogP contribution in [-0.4, -0.2) is 23.5 Å². The molecule has 0 atom stereocenters. The predicted molar refractivity (Wildman–Crippen MR) is 45.2 cm³/mol. The van der Waals surface area contributed by atoms with Crippen molar-refractivity contribution in [3.8, 4) is 0 Å². The Bertz CT molecular complexity index is 108. The van der Waals surface area contributed by atoms with Gasteiger partial charge < -0.3 is 0 Å². The summed E-state index contributed by atoms with van der Waals surface area (Å²) in [5.74, 6) is 0. The van der Waals surface area contributed by atoms with Crippen molar-refractivity contribution in [3.05, 3.63) is 0 Å². The molecule has 10 heavy (non-hydrogen) atoms. The van der Waals surface area contributed by atoms with E-state index in [1.807, 2.05) is 0 Å². The second-order valence-corrected chi connectivity index (χ2v) is 4.37. The standard InChI is InChI=1S/C9H19N/c1-9(2,3)10(4)8-6-5-7-8/h8H,5-7H2,1-4H3. The number of nitrogens with zero attached hydrogens (tertiary/aromatic N) is 1. The van der Waals surface area contributed by atoms with Gasteiger partial charge in [0, 0.05) is 11.6 Å². The fourth-order valence-electron chi connectivity index (χ4n) is 1.32. The molecule has 0 aromatic carbocycles. The minimum atomic E-state index is 0.366. The number of hydrogen-bond acceptors (Lipinski definition) is 1. The summed E-state index contributed by atoms with van der Waals surface area (Å²) in [7, 11) is 2.24. The molecule has 1 heteroatoms. The van der Waals surface area contributed by atoms with Crippen molar-refractivity contribution < 1.29 is 0 Å². The molecule has 0 spiro atoms. The summed E-state index contributed by atoms with van der Waals surface area (Å²) in [6, 6.07) is 0.875. The maximum atomic E-state index is 2.50. The molecule has 1 fully saturated rings. The Balaban J connectivity index is 2.39. The number of hydrogen-bond donors (Lipinski definition) is 0. The molecule has 0 heterocycles. The third-order valence-electron chi connectivity index (χ3n) is 2.68. The molecular formula is C9H19N. The van der Waals surface area contributed by atoms with E-state index in [2.05, 4.69) is 32.7 Å². The van der Waals surface area contributed by atoms with Crippen molar-refractivity contribution >= 4 is 0 Å². The molecule has 60 valence electrons. The molecule has 0 aromatic rings. The van der Waals surface area contributed by atoms with Gasteiger partial charge >= 0.3 is 0 Å². The minimum absolute atomic E-state index is 0.366. The van der Waals surface area contributed by atoms with Crippen LogP contribution >= 0.6 is 0 Å². The minimum Gasteiger partial charge on any atom is -0.299 e. The Labute approximate surface area is 64.4 Å². The first-order chi connectivity index (χ1) is 4.52. The van der Waals surface area contributed by atoms with Gasteiger partial charge in [-0.25, -0.2) is 0 Å². The quantitative estimate of drug-likeness (QED) is 0.541. The van der Waals surface area contributed by atoms with Gasteiger partial charge in [0.1, 0.15) is 0 Å². The normalized spacial score (nSPS) is 21.3. The Morgan fingerprint density at radius 1 is 1.20 bits per heavy atom. The zero-order valence-corrected chi connectivity index (χ0v) is 7.65. The van der Waals surface area contributed by atoms with Crippen molar-refractivity contribution in [3.63, 3.8) is 0 Å². The molecule has 1 nitrogen and oxygen atoms in total. The van der Waals surface area contributed by atoms with E-state index in [1.165, 1.54) is 19.3 Å². The molecule has 1 aliphatic carbocycles. The van der Waals surface area contributed by atoms with E-state index >= 15 is 0 Å². The lowest BCUT2D eigenvalue weighted by molar-refractivity contribution is 0.0685. The highest BCUT2D eigenvalue weighted by Gasteiger charge is 2.28. The molecule has 0 amide bonds. The second kappa shape index (κ2) is 2.54. The first-order valence-electron chi connectivity index (χ1n) is 4.25. The fourth-order valence-corrected chi connectivity index (χ4v) is 1.32. The van der Waals surface area contributed by atoms with E-state index in [4.69, 9.17) is 0 Å². The van der Waals surface area contributed by atoms with Gasteiger partial charge in [-0.2, -0.15) is 0 Å². The van der Waals surface area contributed by atoms with E-state index in [0.29, 0.717) is 5.54 Å². The molecule has 0 aromatic heterocycles. The smallest absolute Gasteiger partial charge is 0.0124 e. The second-order valence-electron chi connectivity index (χ2n) is 4.37. The highest BCUT2D eigenvalue weighted by molar-refractivity contribution is 4.85. The fraction of sp³-hybridized carbons (Fsp3) is 1.00. The molecule has 0 radical (unpaired) electrons. The van der Waals surface area contributed by atoms with Crippen LogP contribution in [0.3, 0.4) is 0 Å². The monoisotopic (exact) mass is 141 g/mol. The van der Waals surface area contributed by atoms with Gasteiger partial charge in [-0.05, 0) is 40.7 Å². The van der Waals surface area contributed by atoms with Crippen LogP contribution in [0, 0.1) is 0 Å². The van der Waals surface area contributed by atoms with Gasteiger partial charge in [-0.3, -0.25) is 4.90 Å². The van der Waals surface area contributed by atoms with E-state index in [0.717, 1.165) is 6.04 Å². The third kappa shape index (κ3) is 1.51. The summed E-state index contributed by atoms with van der Waals surface area (Å²) in [6.07, 6.45) is 4.26. The van der Waals surface area contributed by atoms with Crippen LogP contribution in [0.2, 0.25) is 0 Å². The Hall–Kier alpha value is -0.0400. The van der Waals surface area contributed by atoms with Gasteiger partial charge in [0.05, 0.1) is 0 Å². The highest BCUT2D eigenvalue weighted by atomic mass is 15.2. The molecule has 0 N–H and O–H groups in total. The third-order valence-corrected chi connectivity index (χ3v) is 2.68. The van der Waals surface area contributed by atoms with E-state index in [-0.39, 0.29) is 0 Å². The lowest BCUT2D eigenvalue weighted by Gasteiger charge is -2.43. The summed E-state index contributed by atoms with van der Waals surface area (Å²) < 4.78 is 0. The maximum absolute atomic E-state index is 2.50. The SMILES string of the molecule is CN(C1CCC1)C(C)(C)C. The van der Waals surface area contributed by atoms with E-state index in [1.54, 1.807) is 0 Å². The molecule has 1 saturated carbocycles. The summed E-state index contributed by atoms with van der Waals surface area (Å²) in [5.41, 5.74) is 0.366. The Morgan fingerprint density at radius 3 is 1.80 bits per heavy atom. The molecule has 0 saturated heterocycles. The van der Waals surface area contributed by atoms with Crippen molar-refractivity contribution in [2.24, 2.45) is 0 Å². The molecule has 0 bridgehead atoms. The number of rotatable bonds is 1. The van der Waals surface area contributed by atoms with Crippen LogP contribution in [0.4, 0.5) is 0 Å². The van der Waals surface area contributed by atoms with Crippen molar-refractivity contribution in [1.29, 1.82) is 0 Å².